The SMILES string of the molecule is Cc1cc(C(=O)NC(CC(C)C)C(=O)O)nn1-c1ccc(F)cc1. The number of rotatable bonds is 6. The number of hydrogen-bond acceptors (Lipinski definition) is 3. The zero-order valence-electron chi connectivity index (χ0n) is 13.8. The molecule has 7 heteroatoms. The second-order valence-electron chi connectivity index (χ2n) is 6.05. The number of benzene rings is 1. The monoisotopic (exact) mass is 333 g/mol. The van der Waals surface area contributed by atoms with Gasteiger partial charge in [-0.2, -0.15) is 5.10 Å². The van der Waals surface area contributed by atoms with E-state index in [2.05, 4.69) is 10.4 Å². The number of hydrogen-bond donors (Lipinski definition) is 2. The van der Waals surface area contributed by atoms with Crippen molar-refractivity contribution in [2.24, 2.45) is 5.92 Å². The molecule has 0 bridgehead atoms. The van der Waals surface area contributed by atoms with Gasteiger partial charge in [0.05, 0.1) is 5.69 Å². The van der Waals surface area contributed by atoms with Crippen molar-refractivity contribution in [3.05, 3.63) is 47.5 Å². The van der Waals surface area contributed by atoms with Crippen LogP contribution in [-0.2, 0) is 4.79 Å². The lowest BCUT2D eigenvalue weighted by molar-refractivity contribution is -0.139. The predicted octanol–water partition coefficient (Wildman–Crippen LogP) is 2.55. The van der Waals surface area contributed by atoms with Gasteiger partial charge < -0.3 is 10.4 Å². The van der Waals surface area contributed by atoms with E-state index in [9.17, 15) is 19.1 Å². The fourth-order valence-electron chi connectivity index (χ4n) is 2.35. The van der Waals surface area contributed by atoms with Crippen LogP contribution >= 0.6 is 0 Å². The molecule has 1 atom stereocenters. The van der Waals surface area contributed by atoms with E-state index in [1.54, 1.807) is 25.1 Å². The number of nitrogens with one attached hydrogen (secondary N) is 1. The molecule has 0 aliphatic rings. The Morgan fingerprint density at radius 2 is 1.92 bits per heavy atom. The average Bonchev–Trinajstić information content (AvgIpc) is 2.89. The van der Waals surface area contributed by atoms with E-state index in [0.29, 0.717) is 17.8 Å². The molecule has 0 saturated carbocycles. The van der Waals surface area contributed by atoms with Gasteiger partial charge in [-0.05, 0) is 49.6 Å². The molecule has 0 radical (unpaired) electrons. The first-order valence-electron chi connectivity index (χ1n) is 7.64. The number of carbonyl (C=O) groups is 2. The van der Waals surface area contributed by atoms with Gasteiger partial charge >= 0.3 is 5.97 Å². The zero-order chi connectivity index (χ0) is 17.9. The number of aromatic nitrogens is 2. The lowest BCUT2D eigenvalue weighted by Crippen LogP contribution is -2.41. The van der Waals surface area contributed by atoms with Gasteiger partial charge in [0.2, 0.25) is 0 Å². The molecule has 6 nitrogen and oxygen atoms in total. The van der Waals surface area contributed by atoms with E-state index in [1.165, 1.54) is 16.8 Å². The van der Waals surface area contributed by atoms with Crippen LogP contribution in [0.2, 0.25) is 0 Å². The van der Waals surface area contributed by atoms with Crippen molar-refractivity contribution in [1.29, 1.82) is 0 Å². The van der Waals surface area contributed by atoms with Crippen molar-refractivity contribution < 1.29 is 19.1 Å². The van der Waals surface area contributed by atoms with Gasteiger partial charge in [-0.25, -0.2) is 13.9 Å². The maximum Gasteiger partial charge on any atom is 0.326 e. The summed E-state index contributed by atoms with van der Waals surface area (Å²) in [7, 11) is 0. The Labute approximate surface area is 139 Å². The zero-order valence-corrected chi connectivity index (χ0v) is 13.8. The molecule has 24 heavy (non-hydrogen) atoms. The summed E-state index contributed by atoms with van der Waals surface area (Å²) in [6.07, 6.45) is 0.332. The molecule has 2 N–H and O–H groups in total. The molecular weight excluding hydrogens is 313 g/mol. The molecule has 1 amide bonds. The minimum atomic E-state index is -1.08. The van der Waals surface area contributed by atoms with Crippen LogP contribution in [0.4, 0.5) is 4.39 Å². The number of halogens is 1. The highest BCUT2D eigenvalue weighted by Crippen LogP contribution is 2.13. The third kappa shape index (κ3) is 4.18. The summed E-state index contributed by atoms with van der Waals surface area (Å²) >= 11 is 0. The summed E-state index contributed by atoms with van der Waals surface area (Å²) in [5.74, 6) is -1.86. The normalized spacial score (nSPS) is 12.2. The standard InChI is InChI=1S/C17H20FN3O3/c1-10(2)8-15(17(23)24)19-16(22)14-9-11(3)21(20-14)13-6-4-12(18)5-7-13/h4-7,9-10,15H,8H2,1-3H3,(H,19,22)(H,23,24). The van der Waals surface area contributed by atoms with Crippen molar-refractivity contribution in [2.75, 3.05) is 0 Å². The van der Waals surface area contributed by atoms with E-state index >= 15 is 0 Å². The largest absolute Gasteiger partial charge is 0.480 e. The van der Waals surface area contributed by atoms with E-state index < -0.39 is 17.9 Å². The molecule has 1 aromatic heterocycles. The molecule has 1 heterocycles. The predicted molar refractivity (Wildman–Crippen MR) is 86.6 cm³/mol. The average molecular weight is 333 g/mol. The van der Waals surface area contributed by atoms with Crippen molar-refractivity contribution in [3.63, 3.8) is 0 Å². The molecule has 0 saturated heterocycles. The number of carbonyl (C=O) groups excluding carboxylic acids is 1. The van der Waals surface area contributed by atoms with Gasteiger partial charge in [0.15, 0.2) is 5.69 Å². The highest BCUT2D eigenvalue weighted by Gasteiger charge is 2.23. The number of aliphatic carboxylic acids is 1. The van der Waals surface area contributed by atoms with Crippen LogP contribution in [0.1, 0.15) is 36.5 Å². The van der Waals surface area contributed by atoms with Crippen molar-refractivity contribution in [2.45, 2.75) is 33.2 Å². The quantitative estimate of drug-likeness (QED) is 0.851. The summed E-state index contributed by atoms with van der Waals surface area (Å²) in [5, 5.41) is 15.9. The van der Waals surface area contributed by atoms with Gasteiger partial charge in [-0.1, -0.05) is 13.8 Å². The molecule has 0 fully saturated rings. The van der Waals surface area contributed by atoms with Crippen LogP contribution in [0.5, 0.6) is 0 Å². The number of amides is 1. The van der Waals surface area contributed by atoms with E-state index in [-0.39, 0.29) is 17.4 Å². The minimum Gasteiger partial charge on any atom is -0.480 e. The first-order valence-corrected chi connectivity index (χ1v) is 7.64. The third-order valence-corrected chi connectivity index (χ3v) is 3.50. The van der Waals surface area contributed by atoms with Gasteiger partial charge in [0.1, 0.15) is 11.9 Å². The lowest BCUT2D eigenvalue weighted by Gasteiger charge is -2.15. The summed E-state index contributed by atoms with van der Waals surface area (Å²) < 4.78 is 14.5. The Bertz CT molecular complexity index is 738. The van der Waals surface area contributed by atoms with Crippen LogP contribution in [0, 0.1) is 18.7 Å². The Hall–Kier alpha value is -2.70. The number of aryl methyl sites for hydroxylation is 1. The molecular formula is C17H20FN3O3. The first kappa shape index (κ1) is 17.7. The highest BCUT2D eigenvalue weighted by molar-refractivity contribution is 5.95. The molecule has 2 rings (SSSR count). The van der Waals surface area contributed by atoms with E-state index in [0.717, 1.165) is 0 Å². The number of carboxylic acid groups (broad SMARTS) is 1. The van der Waals surface area contributed by atoms with E-state index in [1.807, 2.05) is 13.8 Å². The Morgan fingerprint density at radius 3 is 2.46 bits per heavy atom. The smallest absolute Gasteiger partial charge is 0.326 e. The molecule has 1 unspecified atom stereocenters. The topological polar surface area (TPSA) is 84.2 Å². The molecule has 2 aromatic rings. The minimum absolute atomic E-state index is 0.117. The van der Waals surface area contributed by atoms with E-state index in [4.69, 9.17) is 0 Å². The summed E-state index contributed by atoms with van der Waals surface area (Å²) in [5.41, 5.74) is 1.42. The Kier molecular flexibility index (Phi) is 5.33. The maximum absolute atomic E-state index is 13.0. The fraction of sp³-hybridized carbons (Fsp3) is 0.353. The van der Waals surface area contributed by atoms with Crippen LogP contribution in [-0.4, -0.2) is 32.8 Å². The van der Waals surface area contributed by atoms with Crippen LogP contribution in [0.3, 0.4) is 0 Å². The summed E-state index contributed by atoms with van der Waals surface area (Å²) in [4.78, 5) is 23.5. The van der Waals surface area contributed by atoms with Crippen molar-refractivity contribution >= 4 is 11.9 Å². The fourth-order valence-corrected chi connectivity index (χ4v) is 2.35. The van der Waals surface area contributed by atoms with Crippen LogP contribution < -0.4 is 5.32 Å². The molecule has 0 aliphatic heterocycles. The van der Waals surface area contributed by atoms with Gasteiger partial charge in [0, 0.05) is 5.69 Å². The number of carboxylic acids is 1. The van der Waals surface area contributed by atoms with Crippen LogP contribution in [0.25, 0.3) is 5.69 Å². The summed E-state index contributed by atoms with van der Waals surface area (Å²) in [6.45, 7) is 5.53. The van der Waals surface area contributed by atoms with Crippen molar-refractivity contribution in [1.82, 2.24) is 15.1 Å². The first-order chi connectivity index (χ1) is 11.3. The summed E-state index contributed by atoms with van der Waals surface area (Å²) in [6, 6.07) is 6.31. The maximum atomic E-state index is 13.0. The molecule has 1 aromatic carbocycles. The molecule has 128 valence electrons. The van der Waals surface area contributed by atoms with Crippen LogP contribution in [0.15, 0.2) is 30.3 Å². The molecule has 0 spiro atoms. The highest BCUT2D eigenvalue weighted by atomic mass is 19.1. The van der Waals surface area contributed by atoms with Gasteiger partial charge in [-0.15, -0.1) is 0 Å². The Balaban J connectivity index is 2.20. The second kappa shape index (κ2) is 7.25. The van der Waals surface area contributed by atoms with Gasteiger partial charge in [0.25, 0.3) is 5.91 Å². The Morgan fingerprint density at radius 1 is 1.29 bits per heavy atom. The lowest BCUT2D eigenvalue weighted by atomic mass is 10.0. The number of nitrogens with zero attached hydrogens (tertiary/aromatic N) is 2. The molecule has 0 aliphatic carbocycles. The third-order valence-electron chi connectivity index (χ3n) is 3.50. The van der Waals surface area contributed by atoms with Crippen molar-refractivity contribution in [3.8, 4) is 5.69 Å². The second-order valence-corrected chi connectivity index (χ2v) is 6.05. The van der Waals surface area contributed by atoms with Gasteiger partial charge in [-0.3, -0.25) is 4.79 Å².